The molecule has 12 aromatic carbocycles. The van der Waals surface area contributed by atoms with E-state index in [9.17, 15) is 0 Å². The Hall–Kier alpha value is -7.30. The van der Waals surface area contributed by atoms with Gasteiger partial charge in [0.2, 0.25) is 0 Å². The summed E-state index contributed by atoms with van der Waals surface area (Å²) in [4.78, 5) is 0. The first kappa shape index (κ1) is 54.0. The maximum absolute atomic E-state index is 3.05. The summed E-state index contributed by atoms with van der Waals surface area (Å²) in [6.45, 7) is 0. The molecule has 0 bridgehead atoms. The summed E-state index contributed by atoms with van der Waals surface area (Å²) in [7, 11) is 0. The van der Waals surface area contributed by atoms with Crippen LogP contribution in [0.25, 0.3) is 44.5 Å². The van der Waals surface area contributed by atoms with Crippen LogP contribution in [0.5, 0.6) is 0 Å². The normalized spacial score (nSPS) is 12.0. The Balaban J connectivity index is 0.000000150. The van der Waals surface area contributed by atoms with E-state index in [1.807, 2.05) is 0 Å². The van der Waals surface area contributed by atoms with Crippen LogP contribution in [0.15, 0.2) is 291 Å². The van der Waals surface area contributed by atoms with Crippen molar-refractivity contribution in [2.24, 2.45) is 0 Å². The van der Waals surface area contributed by atoms with E-state index < -0.39 is 41.9 Å². The molecule has 0 unspecified atom stereocenters. The summed E-state index contributed by atoms with van der Waals surface area (Å²) in [6.07, 6.45) is 4.12. The van der Waals surface area contributed by atoms with Crippen molar-refractivity contribution in [3.05, 3.63) is 358 Å². The first-order valence-corrected chi connectivity index (χ1v) is 39.0. The van der Waals surface area contributed by atoms with Gasteiger partial charge in [0, 0.05) is 0 Å². The number of benzene rings is 12. The van der Waals surface area contributed by atoms with Gasteiger partial charge in [-0.25, -0.2) is 0 Å². The number of hydrogen-bond acceptors (Lipinski definition) is 0. The summed E-state index contributed by atoms with van der Waals surface area (Å²) >= 11 is -6.10. The molecule has 82 heavy (non-hydrogen) atoms. The molecule has 4 aliphatic rings. The maximum atomic E-state index is 2.49. The van der Waals surface area contributed by atoms with Crippen molar-refractivity contribution in [1.29, 1.82) is 0 Å². The molecule has 16 rings (SSSR count). The zero-order chi connectivity index (χ0) is 52.9. The molecule has 0 atom stereocenters. The Kier molecular flexibility index (Phi) is 15.5. The summed E-state index contributed by atoms with van der Waals surface area (Å²) in [5.74, 6) is 0. The average molecular weight is 1420 g/mol. The molecule has 0 amide bonds. The van der Waals surface area contributed by atoms with Crippen LogP contribution in [0, 0.1) is 0 Å². The first-order valence-electron chi connectivity index (χ1n) is 28.3. The summed E-state index contributed by atoms with van der Waals surface area (Å²) in [6, 6.07) is 110. The van der Waals surface area contributed by atoms with Gasteiger partial charge in [-0.15, -0.1) is 0 Å². The molecule has 0 saturated carbocycles. The third-order valence-electron chi connectivity index (χ3n) is 17.2. The molecular weight excluding hydrogens is 1360 g/mol. The van der Waals surface area contributed by atoms with Gasteiger partial charge in [-0.2, -0.15) is 0 Å². The van der Waals surface area contributed by atoms with Crippen molar-refractivity contribution in [2.45, 2.75) is 25.7 Å². The Morgan fingerprint density at radius 3 is 0.622 bits per heavy atom. The van der Waals surface area contributed by atoms with E-state index in [0.717, 1.165) is 25.7 Å². The van der Waals surface area contributed by atoms with Gasteiger partial charge < -0.3 is 24.8 Å². The van der Waals surface area contributed by atoms with E-state index in [0.29, 0.717) is 0 Å². The molecule has 4 aliphatic carbocycles. The number of halogens is 2. The number of hydrogen-bond donors (Lipinski definition) is 0. The molecule has 0 nitrogen and oxygen atoms in total. The molecule has 0 saturated heterocycles. The molecule has 0 aliphatic heterocycles. The standard InChI is InChI=1S/4C13H9.2C13H10.2ClH.2Hf/c4*1-3-7-12-10(5-1)9-11-6-2-4-8-13(11)12;2*1-3-7-12(8-4-1)11-13-9-5-2-6-10-13;;;;/h4*1-5,7-8H,9H2;2*1-10H;2*1H;;/p-2. The van der Waals surface area contributed by atoms with E-state index in [1.54, 1.807) is 42.0 Å². The fourth-order valence-electron chi connectivity index (χ4n) is 13.7. The Labute approximate surface area is 509 Å². The monoisotopic (exact) mass is 1420 g/mol. The second kappa shape index (κ2) is 23.5. The zero-order valence-corrected chi connectivity index (χ0v) is 54.0. The summed E-state index contributed by atoms with van der Waals surface area (Å²) < 4.78 is 9.69. The summed E-state index contributed by atoms with van der Waals surface area (Å²) in [5.41, 5.74) is 29.0. The van der Waals surface area contributed by atoms with Crippen LogP contribution in [0.2, 0.25) is 0 Å². The van der Waals surface area contributed by atoms with Crippen molar-refractivity contribution < 1.29 is 66.7 Å². The minimum absolute atomic E-state index is 0. The number of fused-ring (bicyclic) bond motifs is 12. The van der Waals surface area contributed by atoms with Gasteiger partial charge >= 0.3 is 490 Å². The van der Waals surface area contributed by atoms with Crippen LogP contribution in [0.3, 0.4) is 0 Å². The van der Waals surface area contributed by atoms with Crippen LogP contribution in [0.4, 0.5) is 0 Å². The van der Waals surface area contributed by atoms with E-state index in [2.05, 4.69) is 291 Å². The van der Waals surface area contributed by atoms with Crippen molar-refractivity contribution >= 4 is 19.8 Å². The van der Waals surface area contributed by atoms with Crippen molar-refractivity contribution in [1.82, 2.24) is 0 Å². The molecule has 12 aromatic rings. The molecule has 0 aromatic heterocycles. The van der Waals surface area contributed by atoms with E-state index in [4.69, 9.17) is 0 Å². The van der Waals surface area contributed by atoms with Crippen LogP contribution in [-0.4, -0.2) is 6.51 Å². The van der Waals surface area contributed by atoms with Crippen molar-refractivity contribution in [3.63, 3.8) is 0 Å². The van der Waals surface area contributed by atoms with Crippen molar-refractivity contribution in [2.75, 3.05) is 0 Å². The van der Waals surface area contributed by atoms with Gasteiger partial charge in [-0.3, -0.25) is 0 Å². The topological polar surface area (TPSA) is 0 Å². The molecule has 0 N–H and O–H groups in total. The van der Waals surface area contributed by atoms with Gasteiger partial charge in [0.25, 0.3) is 0 Å². The Morgan fingerprint density at radius 1 is 0.195 bits per heavy atom. The van der Waals surface area contributed by atoms with Crippen LogP contribution < -0.4 is 38.1 Å². The van der Waals surface area contributed by atoms with Crippen molar-refractivity contribution in [3.8, 4) is 44.5 Å². The summed E-state index contributed by atoms with van der Waals surface area (Å²) in [5, 5.41) is 0. The van der Waals surface area contributed by atoms with Gasteiger partial charge in [-0.05, 0) is 0 Å². The van der Waals surface area contributed by atoms with E-state index in [-0.39, 0.29) is 24.8 Å². The molecular formula is C78H56Cl2Hf2-2. The SMILES string of the molecule is [Cl-].[Cl-].c1ccc([C](c2ccccc2)=[Hf]([c]2cccc3c2Cc2ccccc2-3)[c]2cccc3c2Cc2ccccc2-3)cc1.c1ccc([C](c2ccccc2)=[Hf]([c]2cccc3c2Cc2ccccc2-3)[c]2cccc3c2Cc2ccccc2-3)cc1. The van der Waals surface area contributed by atoms with Gasteiger partial charge in [0.1, 0.15) is 0 Å². The van der Waals surface area contributed by atoms with Gasteiger partial charge in [-0.1, -0.05) is 0 Å². The van der Waals surface area contributed by atoms with Gasteiger partial charge in [0.15, 0.2) is 0 Å². The molecule has 4 heteroatoms. The third kappa shape index (κ3) is 9.66. The second-order valence-corrected chi connectivity index (χ2v) is 38.3. The Bertz CT molecular complexity index is 3880. The van der Waals surface area contributed by atoms with Crippen LogP contribution >= 0.6 is 0 Å². The fourth-order valence-corrected chi connectivity index (χ4v) is 37.5. The first-order chi connectivity index (χ1) is 39.7. The van der Waals surface area contributed by atoms with E-state index in [1.165, 1.54) is 89.0 Å². The zero-order valence-electron chi connectivity index (χ0n) is 45.3. The molecule has 392 valence electrons. The molecule has 0 spiro atoms. The van der Waals surface area contributed by atoms with Crippen LogP contribution in [-0.2, 0) is 67.6 Å². The second-order valence-electron chi connectivity index (χ2n) is 21.6. The average Bonchev–Trinajstić information content (AvgIpc) is 2.99. The molecule has 0 heterocycles. The minimum atomic E-state index is -3.05. The Morgan fingerprint density at radius 2 is 0.390 bits per heavy atom. The molecule has 0 fully saturated rings. The van der Waals surface area contributed by atoms with E-state index >= 15 is 0 Å². The van der Waals surface area contributed by atoms with Crippen LogP contribution in [0.1, 0.15) is 66.8 Å². The predicted molar refractivity (Wildman–Crippen MR) is 329 cm³/mol. The van der Waals surface area contributed by atoms with Gasteiger partial charge in [0.05, 0.1) is 0 Å². The third-order valence-corrected chi connectivity index (χ3v) is 39.4. The predicted octanol–water partition coefficient (Wildman–Crippen LogP) is 9.34. The fraction of sp³-hybridized carbons (Fsp3) is 0.0513. The molecule has 0 radical (unpaired) electrons. The number of rotatable bonds is 8. The quantitative estimate of drug-likeness (QED) is 0.133.